The van der Waals surface area contributed by atoms with Crippen molar-refractivity contribution in [3.05, 3.63) is 29.8 Å². The molecule has 2 aliphatic rings. The van der Waals surface area contributed by atoms with Crippen molar-refractivity contribution < 1.29 is 9.53 Å². The smallest absolute Gasteiger partial charge is 0.248 e. The van der Waals surface area contributed by atoms with Crippen LogP contribution in [0.25, 0.3) is 0 Å². The van der Waals surface area contributed by atoms with Crippen molar-refractivity contribution in [2.24, 2.45) is 11.0 Å². The fraction of sp³-hybridized carbons (Fsp3) is 0.500. The summed E-state index contributed by atoms with van der Waals surface area (Å²) < 4.78 is 5.33. The lowest BCUT2D eigenvalue weighted by atomic mass is 10.00. The number of nitrogens with zero attached hydrogens (tertiary/aromatic N) is 2. The van der Waals surface area contributed by atoms with Gasteiger partial charge >= 0.3 is 0 Å². The summed E-state index contributed by atoms with van der Waals surface area (Å²) in [6, 6.07) is 7.79. The molecule has 1 saturated carbocycles. The van der Waals surface area contributed by atoms with E-state index in [1.165, 1.54) is 25.7 Å². The molecule has 0 saturated heterocycles. The van der Waals surface area contributed by atoms with Crippen molar-refractivity contribution in [3.8, 4) is 5.75 Å². The van der Waals surface area contributed by atoms with Crippen LogP contribution in [0.1, 0.15) is 37.7 Å². The first-order valence-corrected chi connectivity index (χ1v) is 7.27. The standard InChI is InChI=1S/C16H20N2O2/c1-20-15-9-5-4-8-13(15)11-18-16(19)10-14(17-18)12-6-2-3-7-12/h4-5,8-9,12H,2-3,6-7,10-11H2,1H3. The molecular weight excluding hydrogens is 252 g/mol. The van der Waals surface area contributed by atoms with Crippen LogP contribution >= 0.6 is 0 Å². The van der Waals surface area contributed by atoms with Crippen molar-refractivity contribution >= 4 is 11.6 Å². The average Bonchev–Trinajstić information content (AvgIpc) is 3.10. The van der Waals surface area contributed by atoms with Gasteiger partial charge in [-0.2, -0.15) is 5.10 Å². The summed E-state index contributed by atoms with van der Waals surface area (Å²) in [6.45, 7) is 0.499. The van der Waals surface area contributed by atoms with E-state index in [4.69, 9.17) is 4.74 Å². The number of hydrazone groups is 1. The molecular formula is C16H20N2O2. The number of hydrogen-bond donors (Lipinski definition) is 0. The van der Waals surface area contributed by atoms with Gasteiger partial charge in [-0.25, -0.2) is 5.01 Å². The van der Waals surface area contributed by atoms with Gasteiger partial charge in [0.25, 0.3) is 0 Å². The second kappa shape index (κ2) is 5.65. The van der Waals surface area contributed by atoms with Crippen molar-refractivity contribution in [2.75, 3.05) is 7.11 Å². The number of carbonyl (C=O) groups excluding carboxylic acids is 1. The van der Waals surface area contributed by atoms with E-state index in [1.807, 2.05) is 24.3 Å². The highest BCUT2D eigenvalue weighted by molar-refractivity contribution is 6.06. The molecule has 0 unspecified atom stereocenters. The molecule has 1 fully saturated rings. The van der Waals surface area contributed by atoms with Gasteiger partial charge in [0.15, 0.2) is 0 Å². The minimum absolute atomic E-state index is 0.109. The molecule has 0 radical (unpaired) electrons. The third kappa shape index (κ3) is 2.55. The lowest BCUT2D eigenvalue weighted by molar-refractivity contribution is -0.129. The molecule has 20 heavy (non-hydrogen) atoms. The number of benzene rings is 1. The third-order valence-electron chi connectivity index (χ3n) is 4.21. The summed E-state index contributed by atoms with van der Waals surface area (Å²) >= 11 is 0. The molecule has 0 spiro atoms. The zero-order valence-electron chi connectivity index (χ0n) is 11.8. The lowest BCUT2D eigenvalue weighted by Crippen LogP contribution is -2.20. The van der Waals surface area contributed by atoms with Crippen LogP contribution in [0.3, 0.4) is 0 Å². The number of carbonyl (C=O) groups is 1. The van der Waals surface area contributed by atoms with Gasteiger partial charge < -0.3 is 4.74 Å². The molecule has 106 valence electrons. The first-order valence-electron chi connectivity index (χ1n) is 7.27. The van der Waals surface area contributed by atoms with Crippen LogP contribution in [0.5, 0.6) is 5.75 Å². The molecule has 0 bridgehead atoms. The normalized spacial score (nSPS) is 19.6. The predicted molar refractivity (Wildman–Crippen MR) is 77.6 cm³/mol. The van der Waals surface area contributed by atoms with Crippen LogP contribution in [0.4, 0.5) is 0 Å². The summed E-state index contributed by atoms with van der Waals surface area (Å²) in [6.07, 6.45) is 5.41. The van der Waals surface area contributed by atoms with Gasteiger partial charge in [-0.3, -0.25) is 4.79 Å². The van der Waals surface area contributed by atoms with E-state index in [0.29, 0.717) is 18.9 Å². The monoisotopic (exact) mass is 272 g/mol. The van der Waals surface area contributed by atoms with E-state index < -0.39 is 0 Å². The molecule has 3 rings (SSSR count). The fourth-order valence-electron chi connectivity index (χ4n) is 3.10. The first kappa shape index (κ1) is 13.2. The van der Waals surface area contributed by atoms with Gasteiger partial charge in [-0.15, -0.1) is 0 Å². The molecule has 4 heteroatoms. The lowest BCUT2D eigenvalue weighted by Gasteiger charge is -2.14. The third-order valence-corrected chi connectivity index (χ3v) is 4.21. The molecule has 0 N–H and O–H groups in total. The van der Waals surface area contributed by atoms with Crippen LogP contribution in [-0.4, -0.2) is 23.7 Å². The zero-order valence-corrected chi connectivity index (χ0v) is 11.8. The quantitative estimate of drug-likeness (QED) is 0.845. The summed E-state index contributed by atoms with van der Waals surface area (Å²) in [5.74, 6) is 1.45. The van der Waals surface area contributed by atoms with Gasteiger partial charge in [-0.1, -0.05) is 31.0 Å². The van der Waals surface area contributed by atoms with Crippen LogP contribution in [0, 0.1) is 5.92 Å². The Morgan fingerprint density at radius 2 is 2.05 bits per heavy atom. The minimum Gasteiger partial charge on any atom is -0.496 e. The Kier molecular flexibility index (Phi) is 3.72. The van der Waals surface area contributed by atoms with Crippen LogP contribution < -0.4 is 4.74 Å². The van der Waals surface area contributed by atoms with Gasteiger partial charge in [0.2, 0.25) is 5.91 Å². The zero-order chi connectivity index (χ0) is 13.9. The Labute approximate surface area is 119 Å². The van der Waals surface area contributed by atoms with Gasteiger partial charge in [-0.05, 0) is 24.8 Å². The molecule has 1 aliphatic heterocycles. The fourth-order valence-corrected chi connectivity index (χ4v) is 3.10. The van der Waals surface area contributed by atoms with Crippen LogP contribution in [0.15, 0.2) is 29.4 Å². The second-order valence-electron chi connectivity index (χ2n) is 5.51. The SMILES string of the molecule is COc1ccccc1CN1N=C(C2CCCC2)CC1=O. The summed E-state index contributed by atoms with van der Waals surface area (Å²) in [7, 11) is 1.65. The highest BCUT2D eigenvalue weighted by Gasteiger charge is 2.30. The molecule has 1 aromatic carbocycles. The number of hydrogen-bond acceptors (Lipinski definition) is 3. The van der Waals surface area contributed by atoms with Crippen molar-refractivity contribution in [1.82, 2.24) is 5.01 Å². The van der Waals surface area contributed by atoms with E-state index in [2.05, 4.69) is 5.10 Å². The number of para-hydroxylation sites is 1. The number of amides is 1. The van der Waals surface area contributed by atoms with Crippen LogP contribution in [-0.2, 0) is 11.3 Å². The first-order chi connectivity index (χ1) is 9.78. The van der Waals surface area contributed by atoms with E-state index >= 15 is 0 Å². The minimum atomic E-state index is 0.109. The van der Waals surface area contributed by atoms with Crippen molar-refractivity contribution in [3.63, 3.8) is 0 Å². The Balaban J connectivity index is 1.75. The van der Waals surface area contributed by atoms with Crippen molar-refractivity contribution in [2.45, 2.75) is 38.6 Å². The molecule has 1 amide bonds. The summed E-state index contributed by atoms with van der Waals surface area (Å²) in [4.78, 5) is 12.1. The summed E-state index contributed by atoms with van der Waals surface area (Å²) in [5.41, 5.74) is 2.09. The van der Waals surface area contributed by atoms with E-state index in [-0.39, 0.29) is 5.91 Å². The van der Waals surface area contributed by atoms with E-state index in [0.717, 1.165) is 17.0 Å². The predicted octanol–water partition coefficient (Wildman–Crippen LogP) is 2.97. The van der Waals surface area contributed by atoms with E-state index in [9.17, 15) is 4.79 Å². The molecule has 0 aromatic heterocycles. The van der Waals surface area contributed by atoms with Gasteiger partial charge in [0.05, 0.1) is 25.8 Å². The molecule has 1 aromatic rings. The largest absolute Gasteiger partial charge is 0.496 e. The highest BCUT2D eigenvalue weighted by Crippen LogP contribution is 2.30. The Bertz CT molecular complexity index is 533. The number of rotatable bonds is 4. The number of methoxy groups -OCH3 is 1. The number of ether oxygens (including phenoxy) is 1. The Morgan fingerprint density at radius 1 is 1.30 bits per heavy atom. The topological polar surface area (TPSA) is 41.9 Å². The maximum atomic E-state index is 12.1. The Morgan fingerprint density at radius 3 is 2.80 bits per heavy atom. The highest BCUT2D eigenvalue weighted by atomic mass is 16.5. The molecule has 0 atom stereocenters. The van der Waals surface area contributed by atoms with Crippen molar-refractivity contribution in [1.29, 1.82) is 0 Å². The Hall–Kier alpha value is -1.84. The van der Waals surface area contributed by atoms with Gasteiger partial charge in [0.1, 0.15) is 5.75 Å². The van der Waals surface area contributed by atoms with Gasteiger partial charge in [0, 0.05) is 5.56 Å². The molecule has 1 aliphatic carbocycles. The van der Waals surface area contributed by atoms with E-state index in [1.54, 1.807) is 12.1 Å². The second-order valence-corrected chi connectivity index (χ2v) is 5.51. The van der Waals surface area contributed by atoms with Crippen LogP contribution in [0.2, 0.25) is 0 Å². The average molecular weight is 272 g/mol. The maximum Gasteiger partial charge on any atom is 0.248 e. The molecule has 1 heterocycles. The summed E-state index contributed by atoms with van der Waals surface area (Å²) in [5, 5.41) is 6.17. The molecule has 4 nitrogen and oxygen atoms in total. The maximum absolute atomic E-state index is 12.1.